The Morgan fingerprint density at radius 2 is 2.16 bits per heavy atom. The number of rotatable bonds is 7. The Balaban J connectivity index is 1.86. The Kier molecular flexibility index (Phi) is 5.25. The first kappa shape index (κ1) is 14.8. The molecule has 0 aliphatic heterocycles. The van der Waals surface area contributed by atoms with Crippen LogP contribution in [0.5, 0.6) is 5.75 Å². The van der Waals surface area contributed by atoms with E-state index in [1.807, 2.05) is 12.1 Å². The lowest BCUT2D eigenvalue weighted by Crippen LogP contribution is -2.32. The van der Waals surface area contributed by atoms with Crippen molar-refractivity contribution < 1.29 is 9.84 Å². The SMILES string of the molecule is CC(C)c1cc(Br)ccc1OCC(O)CNC1CC1. The topological polar surface area (TPSA) is 41.5 Å². The zero-order valence-electron chi connectivity index (χ0n) is 11.5. The molecule has 0 radical (unpaired) electrons. The molecule has 106 valence electrons. The van der Waals surface area contributed by atoms with Crippen LogP contribution in [0.3, 0.4) is 0 Å². The van der Waals surface area contributed by atoms with Gasteiger partial charge in [-0.25, -0.2) is 0 Å². The normalized spacial score (nSPS) is 16.7. The summed E-state index contributed by atoms with van der Waals surface area (Å²) in [4.78, 5) is 0. The molecule has 0 saturated heterocycles. The first-order valence-electron chi connectivity index (χ1n) is 6.90. The van der Waals surface area contributed by atoms with Gasteiger partial charge in [-0.15, -0.1) is 0 Å². The molecule has 0 aromatic heterocycles. The van der Waals surface area contributed by atoms with Crippen LogP contribution in [0.2, 0.25) is 0 Å². The molecule has 19 heavy (non-hydrogen) atoms. The molecule has 0 spiro atoms. The largest absolute Gasteiger partial charge is 0.491 e. The van der Waals surface area contributed by atoms with Crippen LogP contribution in [0.1, 0.15) is 38.2 Å². The van der Waals surface area contributed by atoms with Crippen molar-refractivity contribution in [1.82, 2.24) is 5.32 Å². The Morgan fingerprint density at radius 1 is 1.42 bits per heavy atom. The highest BCUT2D eigenvalue weighted by Gasteiger charge is 2.21. The Labute approximate surface area is 123 Å². The quantitative estimate of drug-likeness (QED) is 0.808. The lowest BCUT2D eigenvalue weighted by atomic mass is 10.0. The minimum absolute atomic E-state index is 0.334. The molecule has 4 heteroatoms. The third-order valence-corrected chi connectivity index (χ3v) is 3.74. The molecule has 1 aliphatic rings. The molecular weight excluding hydrogens is 306 g/mol. The van der Waals surface area contributed by atoms with Gasteiger partial charge >= 0.3 is 0 Å². The highest BCUT2D eigenvalue weighted by atomic mass is 79.9. The zero-order valence-corrected chi connectivity index (χ0v) is 13.1. The summed E-state index contributed by atoms with van der Waals surface area (Å²) in [6, 6.07) is 6.62. The minimum atomic E-state index is -0.454. The maximum absolute atomic E-state index is 9.87. The van der Waals surface area contributed by atoms with E-state index in [0.717, 1.165) is 15.8 Å². The van der Waals surface area contributed by atoms with E-state index < -0.39 is 6.10 Å². The summed E-state index contributed by atoms with van der Waals surface area (Å²) in [5.74, 6) is 1.26. The second kappa shape index (κ2) is 6.73. The number of nitrogens with one attached hydrogen (secondary N) is 1. The maximum atomic E-state index is 9.87. The van der Waals surface area contributed by atoms with E-state index in [0.29, 0.717) is 25.1 Å². The van der Waals surface area contributed by atoms with E-state index in [4.69, 9.17) is 4.74 Å². The first-order valence-corrected chi connectivity index (χ1v) is 7.69. The Hall–Kier alpha value is -0.580. The van der Waals surface area contributed by atoms with Gasteiger partial charge in [-0.3, -0.25) is 0 Å². The highest BCUT2D eigenvalue weighted by molar-refractivity contribution is 9.10. The summed E-state index contributed by atoms with van der Waals surface area (Å²) >= 11 is 3.48. The van der Waals surface area contributed by atoms with Gasteiger partial charge in [0.15, 0.2) is 0 Å². The van der Waals surface area contributed by atoms with Crippen molar-refractivity contribution in [3.05, 3.63) is 28.2 Å². The van der Waals surface area contributed by atoms with Crippen LogP contribution >= 0.6 is 15.9 Å². The standard InChI is InChI=1S/C15H22BrNO2/c1-10(2)14-7-11(16)3-6-15(14)19-9-13(18)8-17-12-4-5-12/h3,6-7,10,12-13,17-18H,4-5,8-9H2,1-2H3. The highest BCUT2D eigenvalue weighted by Crippen LogP contribution is 2.29. The second-order valence-corrected chi connectivity index (χ2v) is 6.40. The van der Waals surface area contributed by atoms with Crippen molar-refractivity contribution >= 4 is 15.9 Å². The molecule has 2 rings (SSSR count). The molecule has 1 aliphatic carbocycles. The number of hydrogen-bond donors (Lipinski definition) is 2. The number of hydrogen-bond acceptors (Lipinski definition) is 3. The molecular formula is C15H22BrNO2. The van der Waals surface area contributed by atoms with Gasteiger partial charge < -0.3 is 15.2 Å². The lowest BCUT2D eigenvalue weighted by molar-refractivity contribution is 0.105. The maximum Gasteiger partial charge on any atom is 0.122 e. The van der Waals surface area contributed by atoms with Gasteiger partial charge in [0.05, 0.1) is 0 Å². The summed E-state index contributed by atoms with van der Waals surface area (Å²) in [6.07, 6.45) is 2.01. The fourth-order valence-electron chi connectivity index (χ4n) is 1.94. The van der Waals surface area contributed by atoms with Gasteiger partial charge in [0.2, 0.25) is 0 Å². The predicted octanol–water partition coefficient (Wildman–Crippen LogP) is 3.06. The molecule has 0 heterocycles. The van der Waals surface area contributed by atoms with E-state index >= 15 is 0 Å². The number of aliphatic hydroxyl groups excluding tert-OH is 1. The smallest absolute Gasteiger partial charge is 0.122 e. The number of ether oxygens (including phenoxy) is 1. The summed E-state index contributed by atoms with van der Waals surface area (Å²) < 4.78 is 6.81. The monoisotopic (exact) mass is 327 g/mol. The molecule has 1 saturated carbocycles. The van der Waals surface area contributed by atoms with Crippen molar-refractivity contribution in [2.24, 2.45) is 0 Å². The van der Waals surface area contributed by atoms with Crippen molar-refractivity contribution in [3.8, 4) is 5.75 Å². The van der Waals surface area contributed by atoms with Crippen LogP contribution in [-0.2, 0) is 0 Å². The van der Waals surface area contributed by atoms with Crippen LogP contribution in [0.25, 0.3) is 0 Å². The Bertz CT molecular complexity index is 419. The average molecular weight is 328 g/mol. The number of aliphatic hydroxyl groups is 1. The lowest BCUT2D eigenvalue weighted by Gasteiger charge is -2.17. The fraction of sp³-hybridized carbons (Fsp3) is 0.600. The van der Waals surface area contributed by atoms with E-state index in [-0.39, 0.29) is 0 Å². The van der Waals surface area contributed by atoms with E-state index in [1.54, 1.807) is 0 Å². The zero-order chi connectivity index (χ0) is 13.8. The molecule has 1 unspecified atom stereocenters. The van der Waals surface area contributed by atoms with Crippen LogP contribution in [-0.4, -0.2) is 30.4 Å². The fourth-order valence-corrected chi connectivity index (χ4v) is 2.32. The molecule has 0 amide bonds. The van der Waals surface area contributed by atoms with Gasteiger partial charge in [0.25, 0.3) is 0 Å². The van der Waals surface area contributed by atoms with E-state index in [1.165, 1.54) is 12.8 Å². The third kappa shape index (κ3) is 4.79. The van der Waals surface area contributed by atoms with E-state index in [2.05, 4.69) is 41.2 Å². The van der Waals surface area contributed by atoms with Gasteiger partial charge in [0.1, 0.15) is 18.5 Å². The molecule has 1 atom stereocenters. The van der Waals surface area contributed by atoms with Crippen molar-refractivity contribution in [3.63, 3.8) is 0 Å². The van der Waals surface area contributed by atoms with Crippen LogP contribution in [0.4, 0.5) is 0 Å². The summed E-state index contributed by atoms with van der Waals surface area (Å²) in [6.45, 7) is 5.22. The number of benzene rings is 1. The first-order chi connectivity index (χ1) is 9.06. The number of halogens is 1. The van der Waals surface area contributed by atoms with Gasteiger partial charge in [0, 0.05) is 17.1 Å². The minimum Gasteiger partial charge on any atom is -0.491 e. The molecule has 1 fully saturated rings. The Morgan fingerprint density at radius 3 is 2.79 bits per heavy atom. The molecule has 0 bridgehead atoms. The van der Waals surface area contributed by atoms with Gasteiger partial charge in [-0.1, -0.05) is 29.8 Å². The second-order valence-electron chi connectivity index (χ2n) is 5.48. The summed E-state index contributed by atoms with van der Waals surface area (Å²) in [7, 11) is 0. The van der Waals surface area contributed by atoms with Crippen molar-refractivity contribution in [2.75, 3.05) is 13.2 Å². The van der Waals surface area contributed by atoms with Gasteiger partial charge in [-0.2, -0.15) is 0 Å². The van der Waals surface area contributed by atoms with Crippen molar-refractivity contribution in [1.29, 1.82) is 0 Å². The molecule has 1 aromatic rings. The average Bonchev–Trinajstić information content (AvgIpc) is 3.18. The van der Waals surface area contributed by atoms with Crippen LogP contribution in [0.15, 0.2) is 22.7 Å². The molecule has 2 N–H and O–H groups in total. The van der Waals surface area contributed by atoms with E-state index in [9.17, 15) is 5.11 Å². The third-order valence-electron chi connectivity index (χ3n) is 3.24. The van der Waals surface area contributed by atoms with Crippen LogP contribution < -0.4 is 10.1 Å². The summed E-state index contributed by atoms with van der Waals surface area (Å²) in [5, 5.41) is 13.2. The van der Waals surface area contributed by atoms with Crippen LogP contribution in [0, 0.1) is 0 Å². The predicted molar refractivity (Wildman–Crippen MR) is 80.8 cm³/mol. The summed E-state index contributed by atoms with van der Waals surface area (Å²) in [5.41, 5.74) is 1.16. The van der Waals surface area contributed by atoms with Crippen molar-refractivity contribution in [2.45, 2.75) is 44.8 Å². The molecule has 1 aromatic carbocycles. The van der Waals surface area contributed by atoms with Gasteiger partial charge in [-0.05, 0) is 42.5 Å². The molecule has 3 nitrogen and oxygen atoms in total.